The second-order valence-electron chi connectivity index (χ2n) is 9.23. The number of rotatable bonds is 14. The number of aliphatic carboxylic acids is 1. The molecule has 4 unspecified atom stereocenters. The molecule has 212 valence electrons. The van der Waals surface area contributed by atoms with Crippen LogP contribution < -0.4 is 27.4 Å². The SMILES string of the molecule is NC(=O)CC(NC(=O)C(CO)NC(=O)C(Cc1ccccc1)NC(=O)C(N)Cc1c[nH]c2ccccc12)C(=O)O. The fourth-order valence-electron chi connectivity index (χ4n) is 4.11. The molecule has 10 N–H and O–H groups in total. The van der Waals surface area contributed by atoms with Gasteiger partial charge in [0.25, 0.3) is 0 Å². The zero-order valence-electron chi connectivity index (χ0n) is 21.5. The van der Waals surface area contributed by atoms with Crippen LogP contribution in [0.4, 0.5) is 0 Å². The molecule has 2 aromatic carbocycles. The van der Waals surface area contributed by atoms with E-state index >= 15 is 0 Å². The zero-order chi connectivity index (χ0) is 29.2. The molecule has 0 aliphatic heterocycles. The van der Waals surface area contributed by atoms with Crippen molar-refractivity contribution >= 4 is 40.5 Å². The molecule has 3 rings (SSSR count). The summed E-state index contributed by atoms with van der Waals surface area (Å²) >= 11 is 0. The highest BCUT2D eigenvalue weighted by Gasteiger charge is 2.31. The molecular weight excluding hydrogens is 520 g/mol. The van der Waals surface area contributed by atoms with Crippen LogP contribution in [0.3, 0.4) is 0 Å². The maximum Gasteiger partial charge on any atom is 0.326 e. The number of aliphatic hydroxyl groups is 1. The summed E-state index contributed by atoms with van der Waals surface area (Å²) < 4.78 is 0. The number of carbonyl (C=O) groups excluding carboxylic acids is 4. The van der Waals surface area contributed by atoms with Crippen molar-refractivity contribution in [2.45, 2.75) is 43.4 Å². The molecule has 0 bridgehead atoms. The molecule has 0 aliphatic carbocycles. The van der Waals surface area contributed by atoms with Gasteiger partial charge in [0.2, 0.25) is 23.6 Å². The van der Waals surface area contributed by atoms with E-state index in [0.29, 0.717) is 5.56 Å². The van der Waals surface area contributed by atoms with Gasteiger partial charge in [0.05, 0.1) is 19.1 Å². The molecule has 4 amide bonds. The van der Waals surface area contributed by atoms with E-state index in [2.05, 4.69) is 20.9 Å². The molecule has 1 heterocycles. The maximum absolute atomic E-state index is 13.2. The number of nitrogens with two attached hydrogens (primary N) is 2. The number of nitrogens with one attached hydrogen (secondary N) is 4. The number of aromatic amines is 1. The number of hydrogen-bond acceptors (Lipinski definition) is 7. The monoisotopic (exact) mass is 552 g/mol. The van der Waals surface area contributed by atoms with Crippen LogP contribution in [0.5, 0.6) is 0 Å². The molecule has 0 saturated heterocycles. The molecule has 13 heteroatoms. The van der Waals surface area contributed by atoms with Crippen molar-refractivity contribution in [3.8, 4) is 0 Å². The van der Waals surface area contributed by atoms with Crippen LogP contribution in [0.25, 0.3) is 10.9 Å². The summed E-state index contributed by atoms with van der Waals surface area (Å²) in [5.74, 6) is -4.96. The quantitative estimate of drug-likeness (QED) is 0.119. The molecule has 0 fully saturated rings. The summed E-state index contributed by atoms with van der Waals surface area (Å²) in [6.07, 6.45) is 1.30. The van der Waals surface area contributed by atoms with E-state index in [1.165, 1.54) is 0 Å². The van der Waals surface area contributed by atoms with E-state index in [1.807, 2.05) is 24.3 Å². The first-order chi connectivity index (χ1) is 19.1. The van der Waals surface area contributed by atoms with Gasteiger partial charge in [-0.2, -0.15) is 0 Å². The number of carboxylic acid groups (broad SMARTS) is 1. The Kier molecular flexibility index (Phi) is 10.3. The lowest BCUT2D eigenvalue weighted by atomic mass is 10.0. The first-order valence-electron chi connectivity index (χ1n) is 12.5. The molecule has 1 aromatic heterocycles. The number of H-pyrrole nitrogens is 1. The number of primary amides is 1. The number of amides is 4. The number of hydrogen-bond donors (Lipinski definition) is 8. The van der Waals surface area contributed by atoms with Gasteiger partial charge in [0.1, 0.15) is 18.1 Å². The number of benzene rings is 2. The molecule has 0 saturated carbocycles. The summed E-state index contributed by atoms with van der Waals surface area (Å²) in [6, 6.07) is 10.9. The highest BCUT2D eigenvalue weighted by Crippen LogP contribution is 2.19. The van der Waals surface area contributed by atoms with Crippen molar-refractivity contribution in [1.82, 2.24) is 20.9 Å². The van der Waals surface area contributed by atoms with Gasteiger partial charge in [-0.15, -0.1) is 0 Å². The first-order valence-corrected chi connectivity index (χ1v) is 12.5. The number of para-hydroxylation sites is 1. The lowest BCUT2D eigenvalue weighted by Crippen LogP contribution is -2.58. The molecule has 13 nitrogen and oxygen atoms in total. The van der Waals surface area contributed by atoms with Crippen LogP contribution in [0.1, 0.15) is 17.5 Å². The molecule has 0 spiro atoms. The number of carbonyl (C=O) groups is 5. The van der Waals surface area contributed by atoms with Crippen molar-refractivity contribution in [2.24, 2.45) is 11.5 Å². The highest BCUT2D eigenvalue weighted by molar-refractivity contribution is 5.95. The smallest absolute Gasteiger partial charge is 0.326 e. The number of aliphatic hydroxyl groups excluding tert-OH is 1. The van der Waals surface area contributed by atoms with Crippen molar-refractivity contribution in [1.29, 1.82) is 0 Å². The fourth-order valence-corrected chi connectivity index (χ4v) is 4.11. The Morgan fingerprint density at radius 2 is 1.40 bits per heavy atom. The minimum Gasteiger partial charge on any atom is -0.480 e. The largest absolute Gasteiger partial charge is 0.480 e. The van der Waals surface area contributed by atoms with Crippen molar-refractivity contribution in [2.75, 3.05) is 6.61 Å². The van der Waals surface area contributed by atoms with Crippen molar-refractivity contribution < 1.29 is 34.2 Å². The van der Waals surface area contributed by atoms with E-state index in [4.69, 9.17) is 11.5 Å². The van der Waals surface area contributed by atoms with Gasteiger partial charge in [-0.1, -0.05) is 48.5 Å². The average molecular weight is 553 g/mol. The normalized spacial score (nSPS) is 13.9. The van der Waals surface area contributed by atoms with E-state index in [9.17, 15) is 34.2 Å². The van der Waals surface area contributed by atoms with Crippen molar-refractivity contribution in [3.05, 3.63) is 71.9 Å². The highest BCUT2D eigenvalue weighted by atomic mass is 16.4. The Morgan fingerprint density at radius 3 is 2.05 bits per heavy atom. The Balaban J connectivity index is 1.72. The molecule has 0 radical (unpaired) electrons. The predicted octanol–water partition coefficient (Wildman–Crippen LogP) is -1.31. The Labute approximate surface area is 229 Å². The summed E-state index contributed by atoms with van der Waals surface area (Å²) in [5, 5.41) is 26.9. The minimum atomic E-state index is -1.65. The lowest BCUT2D eigenvalue weighted by Gasteiger charge is -2.24. The fraction of sp³-hybridized carbons (Fsp3) is 0.296. The van der Waals surface area contributed by atoms with Gasteiger partial charge in [0, 0.05) is 23.5 Å². The molecule has 3 aromatic rings. The summed E-state index contributed by atoms with van der Waals surface area (Å²) in [7, 11) is 0. The van der Waals surface area contributed by atoms with Crippen LogP contribution in [-0.4, -0.2) is 75.6 Å². The average Bonchev–Trinajstić information content (AvgIpc) is 3.33. The number of fused-ring (bicyclic) bond motifs is 1. The maximum atomic E-state index is 13.2. The summed E-state index contributed by atoms with van der Waals surface area (Å²) in [5.41, 5.74) is 13.6. The third-order valence-corrected chi connectivity index (χ3v) is 6.20. The van der Waals surface area contributed by atoms with Crippen molar-refractivity contribution in [3.63, 3.8) is 0 Å². The van der Waals surface area contributed by atoms with E-state index in [-0.39, 0.29) is 12.8 Å². The second-order valence-corrected chi connectivity index (χ2v) is 9.23. The molecule has 40 heavy (non-hydrogen) atoms. The molecule has 0 aliphatic rings. The number of aromatic nitrogens is 1. The van der Waals surface area contributed by atoms with Crippen LogP contribution in [-0.2, 0) is 36.8 Å². The Bertz CT molecular complexity index is 1360. The Hall–Kier alpha value is -4.75. The first kappa shape index (κ1) is 29.8. The second kappa shape index (κ2) is 13.9. The zero-order valence-corrected chi connectivity index (χ0v) is 21.5. The third kappa shape index (κ3) is 8.12. The minimum absolute atomic E-state index is 0.0391. The Morgan fingerprint density at radius 1 is 0.800 bits per heavy atom. The van der Waals surface area contributed by atoms with E-state index < -0.39 is 66.8 Å². The van der Waals surface area contributed by atoms with Crippen LogP contribution in [0.2, 0.25) is 0 Å². The van der Waals surface area contributed by atoms with E-state index in [0.717, 1.165) is 16.5 Å². The van der Waals surface area contributed by atoms with Crippen LogP contribution in [0.15, 0.2) is 60.8 Å². The van der Waals surface area contributed by atoms with Gasteiger partial charge < -0.3 is 42.6 Å². The molecule has 4 atom stereocenters. The van der Waals surface area contributed by atoms with Gasteiger partial charge in [-0.25, -0.2) is 4.79 Å². The summed E-state index contributed by atoms with van der Waals surface area (Å²) in [6.45, 7) is -0.882. The summed E-state index contributed by atoms with van der Waals surface area (Å²) in [4.78, 5) is 64.5. The van der Waals surface area contributed by atoms with Gasteiger partial charge in [-0.05, 0) is 23.6 Å². The molecular formula is C27H32N6O7. The van der Waals surface area contributed by atoms with Gasteiger partial charge in [0.15, 0.2) is 0 Å². The third-order valence-electron chi connectivity index (χ3n) is 6.20. The topological polar surface area (TPSA) is 230 Å². The number of carboxylic acids is 1. The predicted molar refractivity (Wildman–Crippen MR) is 144 cm³/mol. The van der Waals surface area contributed by atoms with Gasteiger partial charge >= 0.3 is 5.97 Å². The van der Waals surface area contributed by atoms with Gasteiger partial charge in [-0.3, -0.25) is 19.2 Å². The lowest BCUT2D eigenvalue weighted by molar-refractivity contribution is -0.144. The standard InChI is InChI=1S/C27H32N6O7/c28-18(11-16-13-30-19-9-5-4-8-17(16)19)24(36)31-20(10-15-6-2-1-3-7-15)25(37)33-22(14-34)26(38)32-21(27(39)40)12-23(29)35/h1-9,13,18,20-22,30,34H,10-12,14,28H2,(H2,29,35)(H,31,36)(H,32,38)(H,33,37)(H,39,40). The van der Waals surface area contributed by atoms with Crippen LogP contribution >= 0.6 is 0 Å². The van der Waals surface area contributed by atoms with E-state index in [1.54, 1.807) is 36.5 Å². The van der Waals surface area contributed by atoms with Crippen LogP contribution in [0, 0.1) is 0 Å².